The van der Waals surface area contributed by atoms with Gasteiger partial charge in [-0.15, -0.1) is 0 Å². The number of hydrogen-bond donors (Lipinski definition) is 2. The van der Waals surface area contributed by atoms with Crippen LogP contribution in [0.4, 0.5) is 0 Å². The van der Waals surface area contributed by atoms with Crippen molar-refractivity contribution in [3.05, 3.63) is 94.6 Å². The maximum Gasteiger partial charge on any atom is 0.305 e. The third-order valence-corrected chi connectivity index (χ3v) is 5.85. The first-order chi connectivity index (χ1) is 15.8. The Kier molecular flexibility index (Phi) is 6.36. The van der Waals surface area contributed by atoms with E-state index in [2.05, 4.69) is 11.4 Å². The third kappa shape index (κ3) is 5.17. The van der Waals surface area contributed by atoms with Gasteiger partial charge in [-0.05, 0) is 73.2 Å². The zero-order chi connectivity index (χ0) is 23.5. The zero-order valence-electron chi connectivity index (χ0n) is 19.1. The van der Waals surface area contributed by atoms with E-state index >= 15 is 0 Å². The second-order valence-electron chi connectivity index (χ2n) is 8.53. The number of rotatable bonds is 8. The number of benzene rings is 2. The molecule has 1 atom stereocenters. The van der Waals surface area contributed by atoms with Crippen molar-refractivity contribution < 1.29 is 19.1 Å². The topological polar surface area (TPSA) is 84.5 Å². The zero-order valence-corrected chi connectivity index (χ0v) is 19.1. The molecule has 0 spiro atoms. The highest BCUT2D eigenvalue weighted by atomic mass is 16.4. The molecule has 2 heterocycles. The van der Waals surface area contributed by atoms with Crippen LogP contribution in [-0.4, -0.2) is 21.6 Å². The molecule has 33 heavy (non-hydrogen) atoms. The Morgan fingerprint density at radius 3 is 2.55 bits per heavy atom. The van der Waals surface area contributed by atoms with Crippen LogP contribution in [0.5, 0.6) is 0 Å². The molecule has 170 valence electrons. The van der Waals surface area contributed by atoms with E-state index < -0.39 is 5.97 Å². The molecule has 1 unspecified atom stereocenters. The van der Waals surface area contributed by atoms with E-state index in [4.69, 9.17) is 9.52 Å². The normalized spacial score (nSPS) is 12.1. The van der Waals surface area contributed by atoms with Crippen LogP contribution < -0.4 is 5.32 Å². The minimum Gasteiger partial charge on any atom is -0.481 e. The van der Waals surface area contributed by atoms with Crippen molar-refractivity contribution in [2.45, 2.75) is 46.2 Å². The van der Waals surface area contributed by atoms with E-state index in [0.29, 0.717) is 12.3 Å². The number of aliphatic carboxylic acids is 1. The lowest BCUT2D eigenvalue weighted by atomic mass is 9.97. The predicted molar refractivity (Wildman–Crippen MR) is 127 cm³/mol. The molecule has 6 nitrogen and oxygen atoms in total. The van der Waals surface area contributed by atoms with Crippen LogP contribution in [0.2, 0.25) is 0 Å². The second-order valence-corrected chi connectivity index (χ2v) is 8.53. The standard InChI is InChI=1S/C27H28N2O4/c1-17-4-7-22(18(2)14-17)27(24-9-5-19(3)33-24)28-25(30)16-20-6-8-23-21(15-20)10-12-29(23)13-11-26(31)32/h4-10,12,14-15,27H,11,13,16H2,1-3H3,(H,28,30)(H,31,32). The van der Waals surface area contributed by atoms with Gasteiger partial charge in [0.25, 0.3) is 0 Å². The van der Waals surface area contributed by atoms with Crippen molar-refractivity contribution in [2.75, 3.05) is 0 Å². The average Bonchev–Trinajstić information content (AvgIpc) is 3.36. The molecule has 4 aromatic rings. The summed E-state index contributed by atoms with van der Waals surface area (Å²) in [6.07, 6.45) is 2.18. The van der Waals surface area contributed by atoms with Crippen LogP contribution >= 0.6 is 0 Å². The largest absolute Gasteiger partial charge is 0.481 e. The van der Waals surface area contributed by atoms with Crippen LogP contribution in [0, 0.1) is 20.8 Å². The minimum absolute atomic E-state index is 0.0695. The van der Waals surface area contributed by atoms with E-state index in [1.807, 2.05) is 80.1 Å². The molecule has 0 bridgehead atoms. The number of carbonyl (C=O) groups is 2. The van der Waals surface area contributed by atoms with Crippen LogP contribution in [-0.2, 0) is 22.6 Å². The van der Waals surface area contributed by atoms with Crippen molar-refractivity contribution in [3.8, 4) is 0 Å². The molecule has 2 N–H and O–H groups in total. The fourth-order valence-corrected chi connectivity index (χ4v) is 4.23. The molecule has 0 aliphatic rings. The summed E-state index contributed by atoms with van der Waals surface area (Å²) in [5.41, 5.74) is 5.12. The van der Waals surface area contributed by atoms with Gasteiger partial charge in [0.15, 0.2) is 0 Å². The van der Waals surface area contributed by atoms with Gasteiger partial charge in [-0.3, -0.25) is 9.59 Å². The molecule has 0 saturated heterocycles. The predicted octanol–water partition coefficient (Wildman–Crippen LogP) is 5.08. The SMILES string of the molecule is Cc1ccc(C(NC(=O)Cc2ccc3c(ccn3CCC(=O)O)c2)c2ccc(C)o2)c(C)c1. The van der Waals surface area contributed by atoms with Crippen LogP contribution in [0.1, 0.15) is 46.2 Å². The fraction of sp³-hybridized carbons (Fsp3) is 0.259. The van der Waals surface area contributed by atoms with Gasteiger partial charge in [-0.1, -0.05) is 29.8 Å². The molecule has 6 heteroatoms. The van der Waals surface area contributed by atoms with Crippen molar-refractivity contribution in [1.29, 1.82) is 0 Å². The van der Waals surface area contributed by atoms with E-state index in [1.165, 1.54) is 5.56 Å². The smallest absolute Gasteiger partial charge is 0.305 e. The number of aryl methyl sites for hydroxylation is 4. The number of aromatic nitrogens is 1. The maximum atomic E-state index is 13.1. The minimum atomic E-state index is -0.824. The Bertz CT molecular complexity index is 1310. The maximum absolute atomic E-state index is 13.1. The number of amides is 1. The first-order valence-electron chi connectivity index (χ1n) is 11.0. The molecule has 0 aliphatic heterocycles. The second kappa shape index (κ2) is 9.36. The summed E-state index contributed by atoms with van der Waals surface area (Å²) in [7, 11) is 0. The van der Waals surface area contributed by atoms with E-state index in [0.717, 1.165) is 33.4 Å². The van der Waals surface area contributed by atoms with Gasteiger partial charge in [-0.25, -0.2) is 0 Å². The number of carboxylic acid groups (broad SMARTS) is 1. The third-order valence-electron chi connectivity index (χ3n) is 5.85. The lowest BCUT2D eigenvalue weighted by Gasteiger charge is -2.20. The Balaban J connectivity index is 1.53. The fourth-order valence-electron chi connectivity index (χ4n) is 4.23. The molecule has 4 rings (SSSR count). The highest BCUT2D eigenvalue weighted by molar-refractivity contribution is 5.84. The van der Waals surface area contributed by atoms with Gasteiger partial charge in [0, 0.05) is 18.3 Å². The number of carbonyl (C=O) groups excluding carboxylic acids is 1. The lowest BCUT2D eigenvalue weighted by Crippen LogP contribution is -2.30. The van der Waals surface area contributed by atoms with E-state index in [-0.39, 0.29) is 24.8 Å². The van der Waals surface area contributed by atoms with Gasteiger partial charge in [-0.2, -0.15) is 0 Å². The van der Waals surface area contributed by atoms with Gasteiger partial charge >= 0.3 is 5.97 Å². The molecular weight excluding hydrogens is 416 g/mol. The van der Waals surface area contributed by atoms with E-state index in [1.54, 1.807) is 0 Å². The number of furan rings is 1. The quantitative estimate of drug-likeness (QED) is 0.397. The van der Waals surface area contributed by atoms with Crippen LogP contribution in [0.3, 0.4) is 0 Å². The summed E-state index contributed by atoms with van der Waals surface area (Å²) < 4.78 is 7.80. The highest BCUT2D eigenvalue weighted by Crippen LogP contribution is 2.27. The molecule has 1 amide bonds. The number of nitrogens with one attached hydrogen (secondary N) is 1. The first-order valence-corrected chi connectivity index (χ1v) is 11.0. The summed E-state index contributed by atoms with van der Waals surface area (Å²) >= 11 is 0. The summed E-state index contributed by atoms with van der Waals surface area (Å²) in [5.74, 6) is 0.583. The molecule has 2 aromatic heterocycles. The summed E-state index contributed by atoms with van der Waals surface area (Å²) in [6.45, 7) is 6.40. The Labute approximate surface area is 192 Å². The number of hydrogen-bond acceptors (Lipinski definition) is 3. The van der Waals surface area contributed by atoms with Crippen molar-refractivity contribution in [1.82, 2.24) is 9.88 Å². The van der Waals surface area contributed by atoms with Gasteiger partial charge in [0.2, 0.25) is 5.91 Å². The van der Waals surface area contributed by atoms with Crippen molar-refractivity contribution in [2.24, 2.45) is 0 Å². The molecule has 0 aliphatic carbocycles. The summed E-state index contributed by atoms with van der Waals surface area (Å²) in [4.78, 5) is 23.9. The van der Waals surface area contributed by atoms with Gasteiger partial charge < -0.3 is 19.4 Å². The van der Waals surface area contributed by atoms with Gasteiger partial charge in [0.05, 0.1) is 12.8 Å². The van der Waals surface area contributed by atoms with Crippen molar-refractivity contribution in [3.63, 3.8) is 0 Å². The monoisotopic (exact) mass is 444 g/mol. The Hall–Kier alpha value is -3.80. The number of nitrogens with zero attached hydrogens (tertiary/aromatic N) is 1. The summed E-state index contributed by atoms with van der Waals surface area (Å²) in [6, 6.07) is 17.4. The van der Waals surface area contributed by atoms with E-state index in [9.17, 15) is 9.59 Å². The number of fused-ring (bicyclic) bond motifs is 1. The molecule has 0 saturated carbocycles. The van der Waals surface area contributed by atoms with Crippen LogP contribution in [0.15, 0.2) is 65.2 Å². The lowest BCUT2D eigenvalue weighted by molar-refractivity contribution is -0.137. The summed E-state index contributed by atoms with van der Waals surface area (Å²) in [5, 5.41) is 13.1. The molecular formula is C27H28N2O4. The average molecular weight is 445 g/mol. The van der Waals surface area contributed by atoms with Gasteiger partial charge in [0.1, 0.15) is 17.6 Å². The molecule has 2 aromatic carbocycles. The highest BCUT2D eigenvalue weighted by Gasteiger charge is 2.22. The first kappa shape index (κ1) is 22.4. The van der Waals surface area contributed by atoms with Crippen LogP contribution in [0.25, 0.3) is 10.9 Å². The molecule has 0 radical (unpaired) electrons. The Morgan fingerprint density at radius 2 is 1.85 bits per heavy atom. The van der Waals surface area contributed by atoms with Crippen molar-refractivity contribution >= 4 is 22.8 Å². The Morgan fingerprint density at radius 1 is 1.03 bits per heavy atom. The number of carboxylic acids is 1. The molecule has 0 fully saturated rings.